The number of halogens is 3. The van der Waals surface area contributed by atoms with E-state index >= 15 is 0 Å². The zero-order chi connectivity index (χ0) is 23.6. The summed E-state index contributed by atoms with van der Waals surface area (Å²) in [6, 6.07) is 4.44. The van der Waals surface area contributed by atoms with Crippen LogP contribution in [0, 0.1) is 0 Å². The third-order valence-corrected chi connectivity index (χ3v) is 5.74. The van der Waals surface area contributed by atoms with Gasteiger partial charge >= 0.3 is 6.18 Å². The average molecular weight is 478 g/mol. The molecule has 0 bridgehead atoms. The first kappa shape index (κ1) is 22.5. The monoisotopic (exact) mass is 478 g/mol. The molecule has 8 nitrogen and oxygen atoms in total. The van der Waals surface area contributed by atoms with Gasteiger partial charge in [0.05, 0.1) is 35.2 Å². The van der Waals surface area contributed by atoms with E-state index in [4.69, 9.17) is 4.42 Å². The lowest BCUT2D eigenvalue weighted by atomic mass is 10.1. The summed E-state index contributed by atoms with van der Waals surface area (Å²) in [5.41, 5.74) is -1.14. The number of benzene rings is 1. The number of amides is 3. The first-order valence-electron chi connectivity index (χ1n) is 9.80. The Kier molecular flexibility index (Phi) is 6.18. The molecule has 0 atom stereocenters. The molecular formula is C21H17F3N4O4S. The van der Waals surface area contributed by atoms with E-state index in [-0.39, 0.29) is 23.6 Å². The third kappa shape index (κ3) is 5.22. The average Bonchev–Trinajstić information content (AvgIpc) is 3.50. The quantitative estimate of drug-likeness (QED) is 0.549. The number of furan rings is 1. The summed E-state index contributed by atoms with van der Waals surface area (Å²) in [7, 11) is 0. The zero-order valence-electron chi connectivity index (χ0n) is 16.9. The number of rotatable bonds is 6. The van der Waals surface area contributed by atoms with Crippen LogP contribution < -0.4 is 15.5 Å². The predicted molar refractivity (Wildman–Crippen MR) is 114 cm³/mol. The second-order valence-corrected chi connectivity index (χ2v) is 8.06. The lowest BCUT2D eigenvalue weighted by Gasteiger charge is -2.15. The topological polar surface area (TPSA) is 105 Å². The minimum Gasteiger partial charge on any atom is -0.472 e. The molecule has 1 aromatic carbocycles. The Hall–Kier alpha value is -3.67. The van der Waals surface area contributed by atoms with E-state index < -0.39 is 29.2 Å². The molecule has 172 valence electrons. The minimum absolute atomic E-state index is 0.0462. The van der Waals surface area contributed by atoms with Crippen molar-refractivity contribution in [2.45, 2.75) is 25.4 Å². The fraction of sp³-hybridized carbons (Fsp3) is 0.238. The first-order valence-corrected chi connectivity index (χ1v) is 10.7. The molecule has 1 saturated heterocycles. The molecule has 3 heterocycles. The van der Waals surface area contributed by atoms with Gasteiger partial charge in [-0.25, -0.2) is 4.98 Å². The van der Waals surface area contributed by atoms with Gasteiger partial charge < -0.3 is 15.1 Å². The minimum atomic E-state index is -4.77. The number of aromatic nitrogens is 1. The SMILES string of the molecule is O=C(Cc1csc(N2CCCC2=O)n1)Nc1ccc(NC(=O)c2ccoc2)cc1C(F)(F)F. The summed E-state index contributed by atoms with van der Waals surface area (Å²) >= 11 is 1.20. The van der Waals surface area contributed by atoms with Crippen LogP contribution in [0.15, 0.2) is 46.6 Å². The van der Waals surface area contributed by atoms with E-state index in [1.165, 1.54) is 34.6 Å². The second kappa shape index (κ2) is 9.06. The highest BCUT2D eigenvalue weighted by Gasteiger charge is 2.34. The number of anilines is 3. The molecule has 0 unspecified atom stereocenters. The molecular weight excluding hydrogens is 461 g/mol. The maximum Gasteiger partial charge on any atom is 0.418 e. The van der Waals surface area contributed by atoms with Gasteiger partial charge in [-0.05, 0) is 30.7 Å². The number of thiazole rings is 1. The lowest BCUT2D eigenvalue weighted by molar-refractivity contribution is -0.137. The van der Waals surface area contributed by atoms with Crippen LogP contribution in [0.5, 0.6) is 0 Å². The second-order valence-electron chi connectivity index (χ2n) is 7.22. The molecule has 1 aliphatic heterocycles. The molecule has 3 aromatic rings. The zero-order valence-corrected chi connectivity index (χ0v) is 17.8. The van der Waals surface area contributed by atoms with Crippen LogP contribution in [0.1, 0.15) is 34.5 Å². The summed E-state index contributed by atoms with van der Waals surface area (Å²) in [5, 5.41) is 6.68. The molecule has 0 radical (unpaired) electrons. The van der Waals surface area contributed by atoms with Gasteiger partial charge in [-0.15, -0.1) is 11.3 Å². The van der Waals surface area contributed by atoms with Crippen molar-refractivity contribution in [3.05, 3.63) is 59.0 Å². The van der Waals surface area contributed by atoms with Crippen LogP contribution in [0.2, 0.25) is 0 Å². The van der Waals surface area contributed by atoms with Crippen molar-refractivity contribution >= 4 is 45.6 Å². The number of alkyl halides is 3. The summed E-state index contributed by atoms with van der Waals surface area (Å²) < 4.78 is 45.6. The van der Waals surface area contributed by atoms with Crippen LogP contribution in [-0.4, -0.2) is 29.3 Å². The van der Waals surface area contributed by atoms with Gasteiger partial charge in [0, 0.05) is 24.0 Å². The number of nitrogens with zero attached hydrogens (tertiary/aromatic N) is 2. The Balaban J connectivity index is 1.46. The van der Waals surface area contributed by atoms with E-state index in [1.54, 1.807) is 5.38 Å². The van der Waals surface area contributed by atoms with Crippen molar-refractivity contribution < 1.29 is 32.0 Å². The lowest BCUT2D eigenvalue weighted by Crippen LogP contribution is -2.23. The summed E-state index contributed by atoms with van der Waals surface area (Å²) in [6.07, 6.45) is -1.43. The molecule has 0 spiro atoms. The van der Waals surface area contributed by atoms with Crippen LogP contribution >= 0.6 is 11.3 Å². The van der Waals surface area contributed by atoms with E-state index in [2.05, 4.69) is 15.6 Å². The van der Waals surface area contributed by atoms with Crippen molar-refractivity contribution in [3.8, 4) is 0 Å². The molecule has 1 fully saturated rings. The number of nitrogens with one attached hydrogen (secondary N) is 2. The van der Waals surface area contributed by atoms with Crippen LogP contribution in [-0.2, 0) is 22.2 Å². The molecule has 4 rings (SSSR count). The standard InChI is InChI=1S/C21H17F3N4O4S/c22-21(23,24)15-8-13(25-19(31)12-5-7-32-10-12)3-4-16(15)27-17(29)9-14-11-33-20(26-14)28-6-1-2-18(28)30/h3-5,7-8,10-11H,1-2,6,9H2,(H,25,31)(H,27,29). The normalized spacial score (nSPS) is 13.9. The molecule has 2 N–H and O–H groups in total. The van der Waals surface area contributed by atoms with Crippen LogP contribution in [0.4, 0.5) is 29.7 Å². The van der Waals surface area contributed by atoms with Crippen LogP contribution in [0.25, 0.3) is 0 Å². The third-order valence-electron chi connectivity index (χ3n) is 4.83. The predicted octanol–water partition coefficient (Wildman–Crippen LogP) is 4.32. The fourth-order valence-corrected chi connectivity index (χ4v) is 4.14. The highest BCUT2D eigenvalue weighted by atomic mass is 32.1. The van der Waals surface area contributed by atoms with Gasteiger partial charge in [0.1, 0.15) is 6.26 Å². The fourth-order valence-electron chi connectivity index (χ4n) is 3.27. The molecule has 1 aliphatic rings. The van der Waals surface area contributed by atoms with Gasteiger partial charge in [-0.3, -0.25) is 19.3 Å². The van der Waals surface area contributed by atoms with Crippen molar-refractivity contribution in [3.63, 3.8) is 0 Å². The Labute approximate surface area is 189 Å². The largest absolute Gasteiger partial charge is 0.472 e. The Morgan fingerprint density at radius 1 is 1.21 bits per heavy atom. The molecule has 33 heavy (non-hydrogen) atoms. The van der Waals surface area contributed by atoms with E-state index in [1.807, 2.05) is 0 Å². The smallest absolute Gasteiger partial charge is 0.418 e. The number of hydrogen-bond acceptors (Lipinski definition) is 6. The Bertz CT molecular complexity index is 1190. The van der Waals surface area contributed by atoms with E-state index in [9.17, 15) is 27.6 Å². The number of carbonyl (C=O) groups is 3. The van der Waals surface area contributed by atoms with Crippen molar-refractivity contribution in [1.29, 1.82) is 0 Å². The summed E-state index contributed by atoms with van der Waals surface area (Å²) in [4.78, 5) is 42.1. The maximum absolute atomic E-state index is 13.6. The summed E-state index contributed by atoms with van der Waals surface area (Å²) in [5.74, 6) is -1.38. The molecule has 2 aromatic heterocycles. The van der Waals surface area contributed by atoms with Gasteiger partial charge in [0.25, 0.3) is 5.91 Å². The van der Waals surface area contributed by atoms with Crippen LogP contribution in [0.3, 0.4) is 0 Å². The molecule has 12 heteroatoms. The first-order chi connectivity index (χ1) is 15.7. The molecule has 0 aliphatic carbocycles. The highest BCUT2D eigenvalue weighted by molar-refractivity contribution is 7.14. The Morgan fingerprint density at radius 3 is 2.70 bits per heavy atom. The van der Waals surface area contributed by atoms with Crippen molar-refractivity contribution in [2.24, 2.45) is 0 Å². The number of carbonyl (C=O) groups excluding carboxylic acids is 3. The van der Waals surface area contributed by atoms with Gasteiger partial charge in [0.15, 0.2) is 5.13 Å². The number of hydrogen-bond donors (Lipinski definition) is 2. The van der Waals surface area contributed by atoms with Gasteiger partial charge in [-0.1, -0.05) is 0 Å². The highest BCUT2D eigenvalue weighted by Crippen LogP contribution is 2.37. The van der Waals surface area contributed by atoms with Crippen molar-refractivity contribution in [2.75, 3.05) is 22.1 Å². The molecule has 3 amide bonds. The Morgan fingerprint density at radius 2 is 2.03 bits per heavy atom. The van der Waals surface area contributed by atoms with Gasteiger partial charge in [-0.2, -0.15) is 13.2 Å². The van der Waals surface area contributed by atoms with Gasteiger partial charge in [0.2, 0.25) is 11.8 Å². The maximum atomic E-state index is 13.6. The van der Waals surface area contributed by atoms with E-state index in [0.717, 1.165) is 24.8 Å². The van der Waals surface area contributed by atoms with E-state index in [0.29, 0.717) is 23.8 Å². The molecule has 0 saturated carbocycles. The summed E-state index contributed by atoms with van der Waals surface area (Å²) in [6.45, 7) is 0.552. The van der Waals surface area contributed by atoms with Crippen molar-refractivity contribution in [1.82, 2.24) is 4.98 Å².